The van der Waals surface area contributed by atoms with Gasteiger partial charge in [-0.3, -0.25) is 9.78 Å². The van der Waals surface area contributed by atoms with Gasteiger partial charge in [0.1, 0.15) is 0 Å². The minimum Gasteiger partial charge on any atom is -0.454 e. The highest BCUT2D eigenvalue weighted by Gasteiger charge is 2.26. The number of ketones is 1. The number of aromatic nitrogens is 1. The first-order chi connectivity index (χ1) is 13.9. The maximum Gasteiger partial charge on any atom is 0.339 e. The second-order valence-corrected chi connectivity index (χ2v) is 8.08. The van der Waals surface area contributed by atoms with Gasteiger partial charge in [-0.05, 0) is 67.9 Å². The number of benzene rings is 2. The molecule has 0 N–H and O–H groups in total. The van der Waals surface area contributed by atoms with E-state index < -0.39 is 5.97 Å². The number of aryl methyl sites for hydroxylation is 3. The number of Topliss-reactive ketones (excluding diaryl/α,β-unsaturated/α-hetero) is 1. The molecule has 0 bridgehead atoms. The Bertz CT molecular complexity index is 1120. The van der Waals surface area contributed by atoms with E-state index in [1.165, 1.54) is 0 Å². The van der Waals surface area contributed by atoms with E-state index in [1.54, 1.807) is 6.07 Å². The van der Waals surface area contributed by atoms with Gasteiger partial charge in [0, 0.05) is 16.6 Å². The molecule has 1 aromatic heterocycles. The van der Waals surface area contributed by atoms with E-state index in [9.17, 15) is 9.59 Å². The highest BCUT2D eigenvalue weighted by atomic mass is 16.5. The van der Waals surface area contributed by atoms with Gasteiger partial charge in [0.15, 0.2) is 12.4 Å². The summed E-state index contributed by atoms with van der Waals surface area (Å²) in [4.78, 5) is 30.4. The molecule has 0 saturated heterocycles. The monoisotopic (exact) mass is 387 g/mol. The molecule has 0 fully saturated rings. The molecular weight excluding hydrogens is 362 g/mol. The van der Waals surface area contributed by atoms with Gasteiger partial charge in [-0.1, -0.05) is 37.3 Å². The first-order valence-corrected chi connectivity index (χ1v) is 10.1. The van der Waals surface area contributed by atoms with Crippen LogP contribution in [0.1, 0.15) is 56.4 Å². The van der Waals surface area contributed by atoms with Crippen LogP contribution in [0, 0.1) is 19.8 Å². The summed E-state index contributed by atoms with van der Waals surface area (Å²) in [5.74, 6) is -0.137. The number of hydrogen-bond donors (Lipinski definition) is 0. The number of para-hydroxylation sites is 1. The Kier molecular flexibility index (Phi) is 5.18. The van der Waals surface area contributed by atoms with Crippen molar-refractivity contribution in [3.05, 3.63) is 76.0 Å². The van der Waals surface area contributed by atoms with E-state index in [1.807, 2.05) is 50.2 Å². The minimum atomic E-state index is -0.439. The lowest BCUT2D eigenvalue weighted by Gasteiger charge is -2.24. The molecule has 1 heterocycles. The fourth-order valence-electron chi connectivity index (χ4n) is 4.00. The number of carbonyl (C=O) groups is 2. The molecule has 4 rings (SSSR count). The van der Waals surface area contributed by atoms with Crippen LogP contribution in [0.4, 0.5) is 0 Å². The Morgan fingerprint density at radius 2 is 1.90 bits per heavy atom. The third-order valence-electron chi connectivity index (χ3n) is 5.87. The molecule has 4 heteroatoms. The van der Waals surface area contributed by atoms with Crippen LogP contribution in [-0.2, 0) is 17.6 Å². The van der Waals surface area contributed by atoms with Crippen LogP contribution in [0.15, 0.2) is 42.5 Å². The number of ether oxygens (including phenoxy) is 1. The smallest absolute Gasteiger partial charge is 0.339 e. The predicted octanol–water partition coefficient (Wildman–Crippen LogP) is 5.02. The summed E-state index contributed by atoms with van der Waals surface area (Å²) in [5, 5.41) is 0.795. The molecule has 1 aliphatic rings. The molecule has 2 aromatic carbocycles. The molecule has 1 atom stereocenters. The number of hydrogen-bond acceptors (Lipinski definition) is 4. The molecule has 3 aromatic rings. The van der Waals surface area contributed by atoms with E-state index in [0.29, 0.717) is 17.0 Å². The van der Waals surface area contributed by atoms with E-state index in [-0.39, 0.29) is 12.4 Å². The lowest BCUT2D eigenvalue weighted by molar-refractivity contribution is 0.0475. The average molecular weight is 387 g/mol. The van der Waals surface area contributed by atoms with Crippen molar-refractivity contribution in [2.75, 3.05) is 6.61 Å². The van der Waals surface area contributed by atoms with Crippen LogP contribution < -0.4 is 0 Å². The molecule has 0 aliphatic heterocycles. The van der Waals surface area contributed by atoms with Gasteiger partial charge in [-0.15, -0.1) is 0 Å². The van der Waals surface area contributed by atoms with Gasteiger partial charge >= 0.3 is 5.97 Å². The fourth-order valence-corrected chi connectivity index (χ4v) is 4.00. The fraction of sp³-hybridized carbons (Fsp3) is 0.320. The summed E-state index contributed by atoms with van der Waals surface area (Å²) >= 11 is 0. The molecule has 0 amide bonds. The lowest BCUT2D eigenvalue weighted by atomic mass is 9.84. The Balaban J connectivity index is 1.63. The summed E-state index contributed by atoms with van der Waals surface area (Å²) in [5.41, 5.74) is 6.07. The molecule has 0 saturated carbocycles. The largest absolute Gasteiger partial charge is 0.454 e. The van der Waals surface area contributed by atoms with Gasteiger partial charge < -0.3 is 4.74 Å². The second kappa shape index (κ2) is 7.78. The highest BCUT2D eigenvalue weighted by molar-refractivity contribution is 6.06. The Morgan fingerprint density at radius 3 is 2.69 bits per heavy atom. The highest BCUT2D eigenvalue weighted by Crippen LogP contribution is 2.32. The molecule has 1 unspecified atom stereocenters. The zero-order valence-corrected chi connectivity index (χ0v) is 17.1. The maximum atomic E-state index is 13.1. The van der Waals surface area contributed by atoms with Gasteiger partial charge in [-0.25, -0.2) is 4.79 Å². The number of carbonyl (C=O) groups excluding carboxylic acids is 2. The van der Waals surface area contributed by atoms with Crippen molar-refractivity contribution in [2.45, 2.75) is 40.0 Å². The minimum absolute atomic E-state index is 0.193. The van der Waals surface area contributed by atoms with Crippen molar-refractivity contribution in [1.29, 1.82) is 0 Å². The Labute approximate surface area is 170 Å². The van der Waals surface area contributed by atoms with Crippen LogP contribution >= 0.6 is 0 Å². The lowest BCUT2D eigenvalue weighted by Crippen LogP contribution is -2.21. The van der Waals surface area contributed by atoms with E-state index in [0.717, 1.165) is 52.5 Å². The van der Waals surface area contributed by atoms with Crippen molar-refractivity contribution in [2.24, 2.45) is 5.92 Å². The number of pyridine rings is 1. The molecular formula is C25H25NO3. The maximum absolute atomic E-state index is 13.1. The SMILES string of the molecule is Cc1ccc(C(=O)COC(=O)c2c3c(nc4ccccc24)CCC(C)C3)cc1C. The summed E-state index contributed by atoms with van der Waals surface area (Å²) in [6.45, 7) is 5.90. The number of fused-ring (bicyclic) bond motifs is 2. The van der Waals surface area contributed by atoms with Crippen LogP contribution in [0.3, 0.4) is 0 Å². The van der Waals surface area contributed by atoms with Crippen molar-refractivity contribution >= 4 is 22.7 Å². The topological polar surface area (TPSA) is 56.3 Å². The van der Waals surface area contributed by atoms with Gasteiger partial charge in [0.05, 0.1) is 11.1 Å². The van der Waals surface area contributed by atoms with Crippen molar-refractivity contribution in [1.82, 2.24) is 4.98 Å². The van der Waals surface area contributed by atoms with Crippen molar-refractivity contribution in [3.63, 3.8) is 0 Å². The molecule has 0 radical (unpaired) electrons. The summed E-state index contributed by atoms with van der Waals surface area (Å²) in [6.07, 6.45) is 2.74. The molecule has 1 aliphatic carbocycles. The Morgan fingerprint density at radius 1 is 1.10 bits per heavy atom. The average Bonchev–Trinajstić information content (AvgIpc) is 2.72. The van der Waals surface area contributed by atoms with Crippen molar-refractivity contribution in [3.8, 4) is 0 Å². The van der Waals surface area contributed by atoms with Crippen LogP contribution in [0.2, 0.25) is 0 Å². The molecule has 4 nitrogen and oxygen atoms in total. The van der Waals surface area contributed by atoms with Crippen molar-refractivity contribution < 1.29 is 14.3 Å². The summed E-state index contributed by atoms with van der Waals surface area (Å²) in [6, 6.07) is 13.2. The van der Waals surface area contributed by atoms with Gasteiger partial charge in [-0.2, -0.15) is 0 Å². The summed E-state index contributed by atoms with van der Waals surface area (Å²) < 4.78 is 5.51. The van der Waals surface area contributed by atoms with Crippen LogP contribution in [0.25, 0.3) is 10.9 Å². The van der Waals surface area contributed by atoms with E-state index >= 15 is 0 Å². The normalized spacial score (nSPS) is 15.8. The van der Waals surface area contributed by atoms with Gasteiger partial charge in [0.25, 0.3) is 0 Å². The molecule has 29 heavy (non-hydrogen) atoms. The van der Waals surface area contributed by atoms with Crippen LogP contribution in [0.5, 0.6) is 0 Å². The second-order valence-electron chi connectivity index (χ2n) is 8.08. The molecule has 0 spiro atoms. The zero-order valence-electron chi connectivity index (χ0n) is 17.1. The third-order valence-corrected chi connectivity index (χ3v) is 5.87. The zero-order chi connectivity index (χ0) is 20.5. The van der Waals surface area contributed by atoms with Crippen LogP contribution in [-0.4, -0.2) is 23.3 Å². The number of nitrogens with zero attached hydrogens (tertiary/aromatic N) is 1. The standard InChI is InChI=1S/C25H25NO3/c1-15-8-11-22-20(12-15)24(19-6-4-5-7-21(19)26-22)25(28)29-14-23(27)18-10-9-16(2)17(3)13-18/h4-7,9-10,13,15H,8,11-12,14H2,1-3H3. The first kappa shape index (κ1) is 19.3. The third kappa shape index (κ3) is 3.80. The van der Waals surface area contributed by atoms with E-state index in [4.69, 9.17) is 9.72 Å². The number of esters is 1. The molecule has 148 valence electrons. The van der Waals surface area contributed by atoms with Gasteiger partial charge in [0.2, 0.25) is 0 Å². The summed E-state index contributed by atoms with van der Waals surface area (Å²) in [7, 11) is 0. The first-order valence-electron chi connectivity index (χ1n) is 10.1. The number of rotatable bonds is 4. The van der Waals surface area contributed by atoms with E-state index in [2.05, 4.69) is 6.92 Å². The quantitative estimate of drug-likeness (QED) is 0.466. The Hall–Kier alpha value is -3.01. The predicted molar refractivity (Wildman–Crippen MR) is 113 cm³/mol.